The summed E-state index contributed by atoms with van der Waals surface area (Å²) in [6.07, 6.45) is -0.544. The standard InChI is InChI=1S/C16H17NO3/c1-11-8-9-13(10-12(11)2)20-16(18)17-14-6-4-5-7-15(14)19-3/h4-10H,1-3H3,(H,17,18). The van der Waals surface area contributed by atoms with Gasteiger partial charge in [-0.2, -0.15) is 0 Å². The predicted molar refractivity (Wildman–Crippen MR) is 78.6 cm³/mol. The smallest absolute Gasteiger partial charge is 0.417 e. The molecule has 0 aliphatic heterocycles. The number of hydrogen-bond donors (Lipinski definition) is 1. The number of para-hydroxylation sites is 2. The van der Waals surface area contributed by atoms with Crippen LogP contribution in [0.5, 0.6) is 11.5 Å². The molecule has 20 heavy (non-hydrogen) atoms. The van der Waals surface area contributed by atoms with Gasteiger partial charge in [-0.15, -0.1) is 0 Å². The summed E-state index contributed by atoms with van der Waals surface area (Å²) in [5.74, 6) is 1.10. The molecule has 0 heterocycles. The number of aryl methyl sites for hydroxylation is 2. The van der Waals surface area contributed by atoms with Crippen molar-refractivity contribution in [2.45, 2.75) is 13.8 Å². The van der Waals surface area contributed by atoms with Crippen LogP contribution in [0.1, 0.15) is 11.1 Å². The first kappa shape index (κ1) is 13.9. The van der Waals surface area contributed by atoms with Gasteiger partial charge in [0.2, 0.25) is 0 Å². The first-order valence-electron chi connectivity index (χ1n) is 6.29. The highest BCUT2D eigenvalue weighted by Crippen LogP contribution is 2.23. The fourth-order valence-corrected chi connectivity index (χ4v) is 1.77. The van der Waals surface area contributed by atoms with Crippen LogP contribution in [-0.2, 0) is 0 Å². The van der Waals surface area contributed by atoms with E-state index in [-0.39, 0.29) is 0 Å². The van der Waals surface area contributed by atoms with Crippen LogP contribution in [0, 0.1) is 13.8 Å². The highest BCUT2D eigenvalue weighted by atomic mass is 16.6. The lowest BCUT2D eigenvalue weighted by atomic mass is 10.1. The summed E-state index contributed by atoms with van der Waals surface area (Å²) >= 11 is 0. The van der Waals surface area contributed by atoms with Crippen molar-refractivity contribution >= 4 is 11.8 Å². The third-order valence-electron chi connectivity index (χ3n) is 3.03. The van der Waals surface area contributed by atoms with Crippen LogP contribution in [0.4, 0.5) is 10.5 Å². The van der Waals surface area contributed by atoms with Crippen LogP contribution in [0.2, 0.25) is 0 Å². The summed E-state index contributed by atoms with van der Waals surface area (Å²) in [6.45, 7) is 3.98. The quantitative estimate of drug-likeness (QED) is 0.920. The van der Waals surface area contributed by atoms with Crippen molar-refractivity contribution in [2.75, 3.05) is 12.4 Å². The normalized spacial score (nSPS) is 9.95. The van der Waals surface area contributed by atoms with E-state index in [1.54, 1.807) is 25.3 Å². The van der Waals surface area contributed by atoms with Gasteiger partial charge in [-0.25, -0.2) is 4.79 Å². The lowest BCUT2D eigenvalue weighted by Crippen LogP contribution is -2.17. The average Bonchev–Trinajstić information content (AvgIpc) is 2.43. The fourth-order valence-electron chi connectivity index (χ4n) is 1.77. The Balaban J connectivity index is 2.07. The van der Waals surface area contributed by atoms with Crippen LogP contribution < -0.4 is 14.8 Å². The number of ether oxygens (including phenoxy) is 2. The van der Waals surface area contributed by atoms with Gasteiger partial charge in [0.05, 0.1) is 12.8 Å². The van der Waals surface area contributed by atoms with Gasteiger partial charge in [0.15, 0.2) is 0 Å². The topological polar surface area (TPSA) is 47.6 Å². The Morgan fingerprint density at radius 2 is 1.80 bits per heavy atom. The van der Waals surface area contributed by atoms with E-state index in [0.717, 1.165) is 11.1 Å². The molecule has 0 atom stereocenters. The lowest BCUT2D eigenvalue weighted by molar-refractivity contribution is 0.215. The summed E-state index contributed by atoms with van der Waals surface area (Å²) in [5.41, 5.74) is 2.80. The number of carbonyl (C=O) groups excluding carboxylic acids is 1. The molecule has 0 aliphatic carbocycles. The van der Waals surface area contributed by atoms with Crippen LogP contribution in [0.3, 0.4) is 0 Å². The molecule has 0 radical (unpaired) electrons. The van der Waals surface area contributed by atoms with Crippen molar-refractivity contribution in [3.8, 4) is 11.5 Å². The molecule has 0 saturated heterocycles. The molecule has 0 unspecified atom stereocenters. The molecule has 0 aliphatic rings. The summed E-state index contributed by atoms with van der Waals surface area (Å²) in [6, 6.07) is 12.7. The number of benzene rings is 2. The highest BCUT2D eigenvalue weighted by molar-refractivity contribution is 5.88. The summed E-state index contributed by atoms with van der Waals surface area (Å²) in [5, 5.41) is 2.66. The van der Waals surface area contributed by atoms with Crippen molar-refractivity contribution in [1.29, 1.82) is 0 Å². The lowest BCUT2D eigenvalue weighted by Gasteiger charge is -2.10. The van der Waals surface area contributed by atoms with Gasteiger partial charge >= 0.3 is 6.09 Å². The molecule has 2 rings (SSSR count). The number of methoxy groups -OCH3 is 1. The maximum atomic E-state index is 11.9. The highest BCUT2D eigenvalue weighted by Gasteiger charge is 2.09. The second kappa shape index (κ2) is 6.10. The fraction of sp³-hybridized carbons (Fsp3) is 0.188. The molecular weight excluding hydrogens is 254 g/mol. The number of rotatable bonds is 3. The first-order chi connectivity index (χ1) is 9.60. The molecule has 104 valence electrons. The van der Waals surface area contributed by atoms with E-state index in [0.29, 0.717) is 17.2 Å². The van der Waals surface area contributed by atoms with Crippen molar-refractivity contribution in [3.05, 3.63) is 53.6 Å². The molecule has 4 nitrogen and oxygen atoms in total. The second-order valence-corrected chi connectivity index (χ2v) is 4.46. The minimum atomic E-state index is -0.544. The molecule has 0 spiro atoms. The summed E-state index contributed by atoms with van der Waals surface area (Å²) < 4.78 is 10.4. The Bertz CT molecular complexity index is 623. The molecule has 1 N–H and O–H groups in total. The van der Waals surface area contributed by atoms with Gasteiger partial charge in [-0.3, -0.25) is 5.32 Å². The van der Waals surface area contributed by atoms with E-state index in [9.17, 15) is 4.79 Å². The summed E-state index contributed by atoms with van der Waals surface area (Å²) in [4.78, 5) is 11.9. The van der Waals surface area contributed by atoms with E-state index in [4.69, 9.17) is 9.47 Å². The van der Waals surface area contributed by atoms with Gasteiger partial charge < -0.3 is 9.47 Å². The number of carbonyl (C=O) groups is 1. The molecule has 0 fully saturated rings. The minimum absolute atomic E-state index is 0.514. The van der Waals surface area contributed by atoms with Crippen LogP contribution in [0.15, 0.2) is 42.5 Å². The monoisotopic (exact) mass is 271 g/mol. The first-order valence-corrected chi connectivity index (χ1v) is 6.29. The molecule has 0 aromatic heterocycles. The number of hydrogen-bond acceptors (Lipinski definition) is 3. The Kier molecular flexibility index (Phi) is 4.25. The van der Waals surface area contributed by atoms with Gasteiger partial charge in [-0.05, 0) is 49.2 Å². The molecule has 4 heteroatoms. The Labute approximate surface area is 118 Å². The van der Waals surface area contributed by atoms with Crippen molar-refractivity contribution in [3.63, 3.8) is 0 Å². The van der Waals surface area contributed by atoms with Crippen molar-refractivity contribution in [2.24, 2.45) is 0 Å². The van der Waals surface area contributed by atoms with Crippen molar-refractivity contribution in [1.82, 2.24) is 0 Å². The molecule has 2 aromatic carbocycles. The zero-order chi connectivity index (χ0) is 14.5. The third-order valence-corrected chi connectivity index (χ3v) is 3.03. The van der Waals surface area contributed by atoms with E-state index in [1.165, 1.54) is 0 Å². The maximum Gasteiger partial charge on any atom is 0.417 e. The van der Waals surface area contributed by atoms with Crippen LogP contribution in [-0.4, -0.2) is 13.2 Å². The number of anilines is 1. The molecule has 0 saturated carbocycles. The van der Waals surface area contributed by atoms with E-state index in [1.807, 2.05) is 38.1 Å². The van der Waals surface area contributed by atoms with E-state index < -0.39 is 6.09 Å². The molecule has 1 amide bonds. The zero-order valence-electron chi connectivity index (χ0n) is 11.8. The third kappa shape index (κ3) is 3.29. The Morgan fingerprint density at radius 1 is 1.05 bits per heavy atom. The Morgan fingerprint density at radius 3 is 2.50 bits per heavy atom. The second-order valence-electron chi connectivity index (χ2n) is 4.46. The molecule has 2 aromatic rings. The minimum Gasteiger partial charge on any atom is -0.495 e. The predicted octanol–water partition coefficient (Wildman–Crippen LogP) is 3.92. The van der Waals surface area contributed by atoms with E-state index in [2.05, 4.69) is 5.32 Å². The summed E-state index contributed by atoms with van der Waals surface area (Å²) in [7, 11) is 1.55. The van der Waals surface area contributed by atoms with Crippen molar-refractivity contribution < 1.29 is 14.3 Å². The molecular formula is C16H17NO3. The van der Waals surface area contributed by atoms with Crippen LogP contribution >= 0.6 is 0 Å². The SMILES string of the molecule is COc1ccccc1NC(=O)Oc1ccc(C)c(C)c1. The largest absolute Gasteiger partial charge is 0.495 e. The van der Waals surface area contributed by atoms with Gasteiger partial charge in [-0.1, -0.05) is 18.2 Å². The number of nitrogens with one attached hydrogen (secondary N) is 1. The van der Waals surface area contributed by atoms with Crippen LogP contribution in [0.25, 0.3) is 0 Å². The zero-order valence-corrected chi connectivity index (χ0v) is 11.8. The Hall–Kier alpha value is -2.49. The van der Waals surface area contributed by atoms with E-state index >= 15 is 0 Å². The maximum absolute atomic E-state index is 11.9. The molecule has 0 bridgehead atoms. The average molecular weight is 271 g/mol. The van der Waals surface area contributed by atoms with Gasteiger partial charge in [0.25, 0.3) is 0 Å². The number of amides is 1. The van der Waals surface area contributed by atoms with Gasteiger partial charge in [0, 0.05) is 0 Å². The van der Waals surface area contributed by atoms with Gasteiger partial charge in [0.1, 0.15) is 11.5 Å².